The Morgan fingerprint density at radius 3 is 2.83 bits per heavy atom. The van der Waals surface area contributed by atoms with Gasteiger partial charge in [0, 0.05) is 32.8 Å². The molecule has 1 aromatic carbocycles. The Morgan fingerprint density at radius 2 is 2.17 bits per heavy atom. The fraction of sp³-hybridized carbons (Fsp3) is 0.529. The average Bonchev–Trinajstić information content (AvgIpc) is 2.88. The zero-order valence-electron chi connectivity index (χ0n) is 13.6. The van der Waals surface area contributed by atoms with E-state index in [4.69, 9.17) is 9.72 Å². The molecule has 24 heavy (non-hydrogen) atoms. The molecule has 7 nitrogen and oxygen atoms in total. The second-order valence-electron chi connectivity index (χ2n) is 6.45. The molecule has 1 aromatic heterocycles. The van der Waals surface area contributed by atoms with Crippen LogP contribution in [0.25, 0.3) is 11.0 Å². The molecule has 4 rings (SSSR count). The highest BCUT2D eigenvalue weighted by atomic mass is 16.5. The van der Waals surface area contributed by atoms with Crippen molar-refractivity contribution in [3.8, 4) is 0 Å². The minimum Gasteiger partial charge on any atom is -0.478 e. The highest BCUT2D eigenvalue weighted by Gasteiger charge is 2.23. The molecule has 7 heteroatoms. The molecule has 1 unspecified atom stereocenters. The fourth-order valence-corrected chi connectivity index (χ4v) is 3.33. The smallest absolute Gasteiger partial charge is 0.335 e. The summed E-state index contributed by atoms with van der Waals surface area (Å²) < 4.78 is 7.73. The topological polar surface area (TPSA) is 79.6 Å². The van der Waals surface area contributed by atoms with Crippen LogP contribution in [0.15, 0.2) is 18.2 Å². The molecule has 2 N–H and O–H groups in total. The second kappa shape index (κ2) is 6.51. The van der Waals surface area contributed by atoms with Gasteiger partial charge >= 0.3 is 5.97 Å². The van der Waals surface area contributed by atoms with Gasteiger partial charge in [0.2, 0.25) is 0 Å². The summed E-state index contributed by atoms with van der Waals surface area (Å²) in [4.78, 5) is 18.5. The SMILES string of the molecule is O=C(O)c1ccc2nc(CN3CCNCC3)n(CC3CCO3)c2c1. The van der Waals surface area contributed by atoms with Crippen LogP contribution >= 0.6 is 0 Å². The fourth-order valence-electron chi connectivity index (χ4n) is 3.33. The molecule has 0 radical (unpaired) electrons. The van der Waals surface area contributed by atoms with Crippen molar-refractivity contribution in [2.45, 2.75) is 25.6 Å². The number of hydrogen-bond acceptors (Lipinski definition) is 5. The minimum absolute atomic E-state index is 0.206. The van der Waals surface area contributed by atoms with E-state index in [9.17, 15) is 9.90 Å². The van der Waals surface area contributed by atoms with Crippen molar-refractivity contribution in [3.05, 3.63) is 29.6 Å². The summed E-state index contributed by atoms with van der Waals surface area (Å²) in [6.07, 6.45) is 1.25. The Hall–Kier alpha value is -1.96. The van der Waals surface area contributed by atoms with Crippen molar-refractivity contribution >= 4 is 17.0 Å². The van der Waals surface area contributed by atoms with Gasteiger partial charge < -0.3 is 19.7 Å². The Kier molecular flexibility index (Phi) is 4.22. The van der Waals surface area contributed by atoms with Crippen molar-refractivity contribution in [1.29, 1.82) is 0 Å². The highest BCUT2D eigenvalue weighted by Crippen LogP contribution is 2.23. The number of fused-ring (bicyclic) bond motifs is 1. The van der Waals surface area contributed by atoms with Crippen LogP contribution in [0.1, 0.15) is 22.6 Å². The van der Waals surface area contributed by atoms with Crippen molar-refractivity contribution in [3.63, 3.8) is 0 Å². The Labute approximate surface area is 140 Å². The number of aromatic carboxylic acids is 1. The van der Waals surface area contributed by atoms with Gasteiger partial charge in [0.1, 0.15) is 5.82 Å². The van der Waals surface area contributed by atoms with Gasteiger partial charge in [-0.3, -0.25) is 4.90 Å². The number of ether oxygens (including phenoxy) is 1. The van der Waals surface area contributed by atoms with E-state index in [1.165, 1.54) is 0 Å². The summed E-state index contributed by atoms with van der Waals surface area (Å²) in [7, 11) is 0. The number of benzene rings is 1. The lowest BCUT2D eigenvalue weighted by Gasteiger charge is -2.29. The van der Waals surface area contributed by atoms with E-state index in [0.717, 1.165) is 69.2 Å². The standard InChI is InChI=1S/C17H22N4O3/c22-17(23)12-1-2-14-15(9-12)21(10-13-3-8-24-13)16(19-14)11-20-6-4-18-5-7-20/h1-2,9,13,18H,3-8,10-11H2,(H,22,23). The molecule has 2 aliphatic rings. The molecular weight excluding hydrogens is 308 g/mol. The van der Waals surface area contributed by atoms with Crippen molar-refractivity contribution in [1.82, 2.24) is 19.8 Å². The quantitative estimate of drug-likeness (QED) is 0.849. The zero-order valence-corrected chi connectivity index (χ0v) is 13.6. The first kappa shape index (κ1) is 15.6. The van der Waals surface area contributed by atoms with Crippen LogP contribution < -0.4 is 5.32 Å². The maximum Gasteiger partial charge on any atom is 0.335 e. The van der Waals surface area contributed by atoms with Crippen molar-refractivity contribution in [2.24, 2.45) is 0 Å². The molecule has 128 valence electrons. The summed E-state index contributed by atoms with van der Waals surface area (Å²) in [6, 6.07) is 5.15. The number of carboxylic acids is 1. The lowest BCUT2D eigenvalue weighted by molar-refractivity contribution is -0.0592. The van der Waals surface area contributed by atoms with Gasteiger partial charge in [0.15, 0.2) is 0 Å². The summed E-state index contributed by atoms with van der Waals surface area (Å²) in [5.74, 6) is 0.0816. The van der Waals surface area contributed by atoms with E-state index >= 15 is 0 Å². The molecule has 0 saturated carbocycles. The Morgan fingerprint density at radius 1 is 1.38 bits per heavy atom. The number of carbonyl (C=O) groups is 1. The van der Waals surface area contributed by atoms with E-state index < -0.39 is 5.97 Å². The predicted molar refractivity (Wildman–Crippen MR) is 89.2 cm³/mol. The van der Waals surface area contributed by atoms with E-state index in [1.54, 1.807) is 18.2 Å². The Bertz CT molecular complexity index is 748. The number of nitrogens with one attached hydrogen (secondary N) is 1. The van der Waals surface area contributed by atoms with E-state index in [1.807, 2.05) is 0 Å². The third kappa shape index (κ3) is 3.02. The van der Waals surface area contributed by atoms with Gasteiger partial charge in [-0.05, 0) is 24.6 Å². The molecular formula is C17H22N4O3. The van der Waals surface area contributed by atoms with Crippen LogP contribution in [0.4, 0.5) is 0 Å². The number of carboxylic acid groups (broad SMARTS) is 1. The highest BCUT2D eigenvalue weighted by molar-refractivity contribution is 5.92. The number of nitrogens with zero attached hydrogens (tertiary/aromatic N) is 3. The molecule has 0 spiro atoms. The maximum absolute atomic E-state index is 11.3. The first-order chi connectivity index (χ1) is 11.7. The van der Waals surface area contributed by atoms with Gasteiger partial charge in [-0.15, -0.1) is 0 Å². The molecule has 2 saturated heterocycles. The van der Waals surface area contributed by atoms with Crippen molar-refractivity contribution in [2.75, 3.05) is 32.8 Å². The summed E-state index contributed by atoms with van der Waals surface area (Å²) in [5.41, 5.74) is 2.03. The first-order valence-corrected chi connectivity index (χ1v) is 8.48. The predicted octanol–water partition coefficient (Wildman–Crippen LogP) is 0.929. The number of hydrogen-bond donors (Lipinski definition) is 2. The summed E-state index contributed by atoms with van der Waals surface area (Å²) in [6.45, 7) is 6.33. The van der Waals surface area contributed by atoms with Gasteiger partial charge in [-0.25, -0.2) is 9.78 Å². The maximum atomic E-state index is 11.3. The third-order valence-corrected chi connectivity index (χ3v) is 4.83. The van der Waals surface area contributed by atoms with E-state index in [2.05, 4.69) is 14.8 Å². The van der Waals surface area contributed by atoms with Gasteiger partial charge in [0.25, 0.3) is 0 Å². The molecule has 0 amide bonds. The van der Waals surface area contributed by atoms with Crippen molar-refractivity contribution < 1.29 is 14.6 Å². The molecule has 3 heterocycles. The monoisotopic (exact) mass is 330 g/mol. The van der Waals surface area contributed by atoms with Crippen LogP contribution in [0.2, 0.25) is 0 Å². The van der Waals surface area contributed by atoms with Crippen LogP contribution in [-0.2, 0) is 17.8 Å². The summed E-state index contributed by atoms with van der Waals surface area (Å²) in [5, 5.41) is 12.6. The molecule has 1 atom stereocenters. The molecule has 0 bridgehead atoms. The average molecular weight is 330 g/mol. The van der Waals surface area contributed by atoms with Crippen LogP contribution in [0.3, 0.4) is 0 Å². The molecule has 2 aliphatic heterocycles. The molecule has 2 fully saturated rings. The van der Waals surface area contributed by atoms with Crippen LogP contribution in [-0.4, -0.2) is 64.4 Å². The third-order valence-electron chi connectivity index (χ3n) is 4.83. The lowest BCUT2D eigenvalue weighted by Crippen LogP contribution is -2.43. The normalized spacial score (nSPS) is 21.8. The van der Waals surface area contributed by atoms with E-state index in [-0.39, 0.29) is 6.10 Å². The molecule has 2 aromatic rings. The number of imidazole rings is 1. The zero-order chi connectivity index (χ0) is 16.5. The largest absolute Gasteiger partial charge is 0.478 e. The number of piperazine rings is 1. The van der Waals surface area contributed by atoms with Crippen LogP contribution in [0, 0.1) is 0 Å². The first-order valence-electron chi connectivity index (χ1n) is 8.48. The second-order valence-corrected chi connectivity index (χ2v) is 6.45. The molecule has 0 aliphatic carbocycles. The number of rotatable bonds is 5. The van der Waals surface area contributed by atoms with Crippen LogP contribution in [0.5, 0.6) is 0 Å². The Balaban J connectivity index is 1.69. The van der Waals surface area contributed by atoms with Gasteiger partial charge in [-0.1, -0.05) is 0 Å². The van der Waals surface area contributed by atoms with Gasteiger partial charge in [-0.2, -0.15) is 0 Å². The van der Waals surface area contributed by atoms with Gasteiger partial charge in [0.05, 0.1) is 35.8 Å². The minimum atomic E-state index is -0.909. The lowest BCUT2D eigenvalue weighted by atomic mass is 10.1. The van der Waals surface area contributed by atoms with E-state index in [0.29, 0.717) is 5.56 Å². The summed E-state index contributed by atoms with van der Waals surface area (Å²) >= 11 is 0. The number of aromatic nitrogens is 2.